The molecule has 0 aromatic heterocycles. The summed E-state index contributed by atoms with van der Waals surface area (Å²) >= 11 is 0. The average Bonchev–Trinajstić information content (AvgIpc) is 3.59. The van der Waals surface area contributed by atoms with E-state index in [-0.39, 0.29) is 73.4 Å². The number of rotatable bonds is 6. The maximum absolute atomic E-state index is 7.32. The van der Waals surface area contributed by atoms with E-state index in [1.807, 2.05) is 0 Å². The third kappa shape index (κ3) is 7.17. The first-order valence-electron chi connectivity index (χ1n) is 17.0. The molecule has 0 saturated carbocycles. The number of hydrogen-bond donors (Lipinski definition) is 0. The van der Waals surface area contributed by atoms with E-state index < -0.39 is 11.2 Å². The minimum absolute atomic E-state index is 0. The molecule has 0 amide bonds. The van der Waals surface area contributed by atoms with Crippen LogP contribution in [-0.2, 0) is 37.2 Å². The Morgan fingerprint density at radius 1 is 0.480 bits per heavy atom. The number of aryl methyl sites for hydroxylation is 4. The molecular formula is C43H50Br2N2NiO2. The summed E-state index contributed by atoms with van der Waals surface area (Å²) in [6.45, 7) is 22.3. The van der Waals surface area contributed by atoms with E-state index in [0.717, 1.165) is 22.3 Å². The molecule has 0 N–H and O–H groups in total. The molecule has 2 aliphatic heterocycles. The molecule has 50 heavy (non-hydrogen) atoms. The van der Waals surface area contributed by atoms with Crippen LogP contribution in [0.1, 0.15) is 92.5 Å². The molecule has 0 spiro atoms. The van der Waals surface area contributed by atoms with Crippen molar-refractivity contribution in [3.8, 4) is 0 Å². The van der Waals surface area contributed by atoms with Crippen LogP contribution in [0.5, 0.6) is 0 Å². The Bertz CT molecular complexity index is 1650. The van der Waals surface area contributed by atoms with Gasteiger partial charge in [-0.3, -0.25) is 0 Å². The molecule has 4 aromatic rings. The Morgan fingerprint density at radius 2 is 0.720 bits per heavy atom. The van der Waals surface area contributed by atoms with Gasteiger partial charge in [0, 0.05) is 22.3 Å². The van der Waals surface area contributed by atoms with E-state index in [1.54, 1.807) is 0 Å². The summed E-state index contributed by atoms with van der Waals surface area (Å²) < 4.78 is 14.6. The van der Waals surface area contributed by atoms with Crippen molar-refractivity contribution in [1.82, 2.24) is 0 Å². The van der Waals surface area contributed by atoms with Crippen LogP contribution in [-0.4, -0.2) is 23.9 Å². The van der Waals surface area contributed by atoms with Gasteiger partial charge in [0.05, 0.1) is 6.42 Å². The number of hydrogen-bond acceptors (Lipinski definition) is 4. The molecule has 7 heteroatoms. The quantitative estimate of drug-likeness (QED) is 0.274. The largest absolute Gasteiger partial charge is 2.00 e. The molecular weight excluding hydrogens is 795 g/mol. The zero-order valence-electron chi connectivity index (χ0n) is 30.9. The van der Waals surface area contributed by atoms with Crippen molar-refractivity contribution in [3.63, 3.8) is 0 Å². The van der Waals surface area contributed by atoms with E-state index in [1.165, 1.54) is 22.3 Å². The van der Waals surface area contributed by atoms with Gasteiger partial charge in [0.1, 0.15) is 12.1 Å². The molecule has 0 radical (unpaired) electrons. The van der Waals surface area contributed by atoms with Gasteiger partial charge < -0.3 is 43.4 Å². The molecule has 4 nitrogen and oxygen atoms in total. The molecule has 0 fully saturated rings. The second-order valence-corrected chi connectivity index (χ2v) is 15.7. The van der Waals surface area contributed by atoms with E-state index in [2.05, 4.69) is 166 Å². The number of ether oxygens (including phenoxy) is 2. The molecule has 2 atom stereocenters. The third-order valence-corrected chi connectivity index (χ3v) is 10.00. The van der Waals surface area contributed by atoms with Crippen LogP contribution in [0.25, 0.3) is 0 Å². The minimum Gasteiger partial charge on any atom is -1.00 e. The number of aliphatic imine (C=N–C) groups is 2. The number of nitrogens with zero attached hydrogens (tertiary/aromatic N) is 2. The van der Waals surface area contributed by atoms with Crippen molar-refractivity contribution in [3.05, 3.63) is 142 Å². The average molecular weight is 845 g/mol. The maximum Gasteiger partial charge on any atom is 2.00 e. The molecule has 0 aliphatic carbocycles. The van der Waals surface area contributed by atoms with Gasteiger partial charge in [-0.05, 0) is 60.8 Å². The second-order valence-electron chi connectivity index (χ2n) is 15.7. The van der Waals surface area contributed by atoms with Crippen molar-refractivity contribution < 1.29 is 59.9 Å². The van der Waals surface area contributed by atoms with Crippen molar-refractivity contribution >= 4 is 11.8 Å². The van der Waals surface area contributed by atoms with E-state index in [9.17, 15) is 0 Å². The molecule has 6 rings (SSSR count). The molecule has 0 bridgehead atoms. The first kappa shape index (κ1) is 41.7. The van der Waals surface area contributed by atoms with Gasteiger partial charge in [-0.2, -0.15) is 0 Å². The Morgan fingerprint density at radius 3 is 0.940 bits per heavy atom. The topological polar surface area (TPSA) is 43.2 Å². The fourth-order valence-electron chi connectivity index (χ4n) is 7.96. The summed E-state index contributed by atoms with van der Waals surface area (Å²) in [4.78, 5) is 10.9. The Balaban J connectivity index is 0.00000225. The van der Waals surface area contributed by atoms with Gasteiger partial charge in [0.2, 0.25) is 0 Å². The first-order valence-corrected chi connectivity index (χ1v) is 17.0. The van der Waals surface area contributed by atoms with Gasteiger partial charge in [-0.1, -0.05) is 139 Å². The van der Waals surface area contributed by atoms with E-state index >= 15 is 0 Å². The third-order valence-electron chi connectivity index (χ3n) is 10.00. The van der Waals surface area contributed by atoms with Crippen LogP contribution in [0.4, 0.5) is 0 Å². The number of benzene rings is 4. The van der Waals surface area contributed by atoms with Crippen molar-refractivity contribution in [2.75, 3.05) is 0 Å². The van der Waals surface area contributed by atoms with Crippen LogP contribution in [0.3, 0.4) is 0 Å². The summed E-state index contributed by atoms with van der Waals surface area (Å²) in [5.41, 5.74) is 7.30. The van der Waals surface area contributed by atoms with Crippen LogP contribution in [0.15, 0.2) is 107 Å². The van der Waals surface area contributed by atoms with Gasteiger partial charge in [0.15, 0.2) is 23.0 Å². The Labute approximate surface area is 331 Å². The molecule has 2 aliphatic rings. The zero-order chi connectivity index (χ0) is 33.8. The first-order chi connectivity index (χ1) is 22.2. The van der Waals surface area contributed by atoms with Crippen molar-refractivity contribution in [1.29, 1.82) is 0 Å². The number of halogens is 2. The zero-order valence-corrected chi connectivity index (χ0v) is 35.0. The SMILES string of the molecule is Cc1ccccc1C1(c2ccccc2C)OC(CC2=N[C@H](C(C)(C)C)C(c3ccccc3C)(c3ccccc3C)O2)=N[C@@H]1C(C)(C)C.[Br-].[Br-].[Ni+2]. The van der Waals surface area contributed by atoms with Gasteiger partial charge in [-0.15, -0.1) is 0 Å². The fourth-order valence-corrected chi connectivity index (χ4v) is 7.96. The summed E-state index contributed by atoms with van der Waals surface area (Å²) in [6.07, 6.45) is 0.373. The van der Waals surface area contributed by atoms with E-state index in [0.29, 0.717) is 18.2 Å². The Kier molecular flexibility index (Phi) is 12.9. The van der Waals surface area contributed by atoms with Crippen molar-refractivity contribution in [2.24, 2.45) is 20.8 Å². The fraction of sp³-hybridized carbons (Fsp3) is 0.395. The summed E-state index contributed by atoms with van der Waals surface area (Å²) in [5, 5.41) is 0. The predicted molar refractivity (Wildman–Crippen MR) is 194 cm³/mol. The molecule has 2 heterocycles. The van der Waals surface area contributed by atoms with Crippen LogP contribution < -0.4 is 34.0 Å². The predicted octanol–water partition coefficient (Wildman–Crippen LogP) is 4.19. The Hall–Kier alpha value is -2.73. The maximum atomic E-state index is 7.32. The summed E-state index contributed by atoms with van der Waals surface area (Å²) in [7, 11) is 0. The van der Waals surface area contributed by atoms with Crippen LogP contribution >= 0.6 is 0 Å². The van der Waals surface area contributed by atoms with Gasteiger partial charge >= 0.3 is 16.5 Å². The van der Waals surface area contributed by atoms with Crippen LogP contribution in [0, 0.1) is 38.5 Å². The van der Waals surface area contributed by atoms with Crippen LogP contribution in [0.2, 0.25) is 0 Å². The summed E-state index contributed by atoms with van der Waals surface area (Å²) in [6, 6.07) is 34.0. The second kappa shape index (κ2) is 15.5. The molecule has 4 aromatic carbocycles. The minimum atomic E-state index is -0.796. The smallest absolute Gasteiger partial charge is 1.00 e. The normalized spacial score (nSPS) is 19.1. The molecule has 0 saturated heterocycles. The standard InChI is InChI=1S/C43H50N2O2.2BrH.Ni/c1-28-19-11-15-23-32(28)42(33-24-16-12-20-29(33)2)38(40(5,6)7)44-36(46-42)27-37-45-39(41(8,9)10)43(47-37,34-25-17-13-21-30(34)3)35-26-18-14-22-31(35)4;;;/h11-26,38-39H,27H2,1-10H3;2*1H;/q;;;+2/p-2/t38-,39-;;;/m1.../s1. The molecule has 268 valence electrons. The van der Waals surface area contributed by atoms with Gasteiger partial charge in [0.25, 0.3) is 0 Å². The monoisotopic (exact) mass is 842 g/mol. The van der Waals surface area contributed by atoms with Gasteiger partial charge in [-0.25, -0.2) is 9.98 Å². The van der Waals surface area contributed by atoms with E-state index in [4.69, 9.17) is 19.5 Å². The van der Waals surface area contributed by atoms with Crippen molar-refractivity contribution in [2.45, 2.75) is 98.9 Å². The summed E-state index contributed by atoms with van der Waals surface area (Å²) in [5.74, 6) is 1.32. The molecule has 0 unspecified atom stereocenters.